The molecular formula is C24H17O4PS2. The molecule has 2 heterocycles. The predicted molar refractivity (Wildman–Crippen MR) is 128 cm³/mol. The fraction of sp³-hybridized carbons (Fsp3) is 0.0417. The molecule has 5 aromatic rings. The Morgan fingerprint density at radius 1 is 0.774 bits per heavy atom. The highest BCUT2D eigenvalue weighted by atomic mass is 32.1. The van der Waals surface area contributed by atoms with E-state index in [0.29, 0.717) is 16.4 Å². The third-order valence-corrected chi connectivity index (χ3v) is 8.40. The van der Waals surface area contributed by atoms with Gasteiger partial charge in [0, 0.05) is 20.2 Å². The number of benzene rings is 3. The van der Waals surface area contributed by atoms with Crippen LogP contribution in [0.5, 0.6) is 11.5 Å². The second kappa shape index (κ2) is 8.31. The van der Waals surface area contributed by atoms with Crippen LogP contribution in [0.3, 0.4) is 0 Å². The Balaban J connectivity index is 1.47. The Morgan fingerprint density at radius 2 is 1.39 bits per heavy atom. The third kappa shape index (κ3) is 4.28. The molecule has 0 aliphatic rings. The van der Waals surface area contributed by atoms with Gasteiger partial charge in [0.15, 0.2) is 5.78 Å². The number of Topliss-reactive ketones (excluding diaryl/α,β-unsaturated/α-hetero) is 1. The van der Waals surface area contributed by atoms with E-state index in [2.05, 4.69) is 12.1 Å². The van der Waals surface area contributed by atoms with Gasteiger partial charge in [-0.3, -0.25) is 4.79 Å². The second-order valence-corrected chi connectivity index (χ2v) is 10.9. The summed E-state index contributed by atoms with van der Waals surface area (Å²) in [5.74, 6) is 0.525. The van der Waals surface area contributed by atoms with Crippen molar-refractivity contribution in [2.75, 3.05) is 6.16 Å². The second-order valence-electron chi connectivity index (χ2n) is 6.92. The summed E-state index contributed by atoms with van der Waals surface area (Å²) in [6.07, 6.45) is -0.351. The standard InChI is InChI=1S/C24H17O4PS2/c25-21(24-15-20-19-13-14-30-22(19)11-12-23(20)31-24)16-29(26,27-17-7-3-1-4-8-17)28-18-9-5-2-6-10-18/h1-15H,16H2. The number of thiophene rings is 2. The fourth-order valence-corrected chi connectivity index (χ4v) is 6.82. The molecule has 5 rings (SSSR count). The molecule has 0 N–H and O–H groups in total. The number of hydrogen-bond donors (Lipinski definition) is 0. The zero-order valence-electron chi connectivity index (χ0n) is 16.3. The number of ketones is 1. The molecule has 0 saturated heterocycles. The van der Waals surface area contributed by atoms with Crippen LogP contribution in [0.1, 0.15) is 9.67 Å². The van der Waals surface area contributed by atoms with Crippen LogP contribution in [0, 0.1) is 0 Å². The summed E-state index contributed by atoms with van der Waals surface area (Å²) in [5.41, 5.74) is 0. The normalized spacial score (nSPS) is 11.6. The largest absolute Gasteiger partial charge is 0.438 e. The fourth-order valence-electron chi connectivity index (χ4n) is 3.32. The summed E-state index contributed by atoms with van der Waals surface area (Å²) < 4.78 is 27.4. The molecular weight excluding hydrogens is 447 g/mol. The van der Waals surface area contributed by atoms with Crippen molar-refractivity contribution < 1.29 is 18.4 Å². The van der Waals surface area contributed by atoms with Gasteiger partial charge in [-0.2, -0.15) is 0 Å². The van der Waals surface area contributed by atoms with Crippen molar-refractivity contribution in [2.45, 2.75) is 0 Å². The first-order valence-electron chi connectivity index (χ1n) is 9.61. The Kier molecular flexibility index (Phi) is 5.36. The minimum Gasteiger partial charge on any atom is -0.416 e. The van der Waals surface area contributed by atoms with E-state index in [-0.39, 0.29) is 11.9 Å². The lowest BCUT2D eigenvalue weighted by Crippen LogP contribution is -2.12. The summed E-state index contributed by atoms with van der Waals surface area (Å²) in [7, 11) is -3.80. The lowest BCUT2D eigenvalue weighted by Gasteiger charge is -2.19. The molecule has 0 radical (unpaired) electrons. The quantitative estimate of drug-likeness (QED) is 0.183. The molecule has 3 aromatic carbocycles. The summed E-state index contributed by atoms with van der Waals surface area (Å²) in [6.45, 7) is 0. The summed E-state index contributed by atoms with van der Waals surface area (Å²) in [6, 6.07) is 25.6. The first-order valence-corrected chi connectivity index (χ1v) is 13.0. The van der Waals surface area contributed by atoms with E-state index < -0.39 is 7.60 Å². The van der Waals surface area contributed by atoms with Crippen LogP contribution in [0.2, 0.25) is 0 Å². The molecule has 154 valence electrons. The van der Waals surface area contributed by atoms with Gasteiger partial charge in [0.25, 0.3) is 0 Å². The third-order valence-electron chi connectivity index (χ3n) is 4.72. The van der Waals surface area contributed by atoms with Gasteiger partial charge >= 0.3 is 7.60 Å². The van der Waals surface area contributed by atoms with E-state index >= 15 is 0 Å². The molecule has 4 nitrogen and oxygen atoms in total. The molecule has 2 aromatic heterocycles. The molecule has 0 atom stereocenters. The highest BCUT2D eigenvalue weighted by Crippen LogP contribution is 2.49. The SMILES string of the molecule is O=C(CP(=O)(Oc1ccccc1)Oc1ccccc1)c1cc2c(ccc3sccc32)s1. The molecule has 0 spiro atoms. The highest BCUT2D eigenvalue weighted by Gasteiger charge is 2.33. The Labute approximate surface area is 187 Å². The Hall–Kier alpha value is -2.92. The number of fused-ring (bicyclic) bond motifs is 3. The van der Waals surface area contributed by atoms with Crippen LogP contribution >= 0.6 is 30.3 Å². The summed E-state index contributed by atoms with van der Waals surface area (Å²) in [5, 5.41) is 4.20. The van der Waals surface area contributed by atoms with E-state index in [9.17, 15) is 9.36 Å². The van der Waals surface area contributed by atoms with Gasteiger partial charge in [0.2, 0.25) is 0 Å². The van der Waals surface area contributed by atoms with Gasteiger partial charge in [0.1, 0.15) is 17.7 Å². The van der Waals surface area contributed by atoms with Crippen LogP contribution in [0.15, 0.2) is 90.3 Å². The average molecular weight is 465 g/mol. The van der Waals surface area contributed by atoms with Crippen LogP contribution in [-0.4, -0.2) is 11.9 Å². The summed E-state index contributed by atoms with van der Waals surface area (Å²) >= 11 is 3.07. The van der Waals surface area contributed by atoms with Gasteiger partial charge in [-0.25, -0.2) is 4.57 Å². The maximum Gasteiger partial charge on any atom is 0.438 e. The molecule has 0 aliphatic carbocycles. The van der Waals surface area contributed by atoms with Crippen LogP contribution < -0.4 is 9.05 Å². The van der Waals surface area contributed by atoms with Crippen molar-refractivity contribution in [2.24, 2.45) is 0 Å². The van der Waals surface area contributed by atoms with Gasteiger partial charge in [-0.15, -0.1) is 22.7 Å². The zero-order valence-corrected chi connectivity index (χ0v) is 18.8. The van der Waals surface area contributed by atoms with E-state index in [1.54, 1.807) is 59.9 Å². The number of hydrogen-bond acceptors (Lipinski definition) is 6. The maximum absolute atomic E-state index is 13.7. The lowest BCUT2D eigenvalue weighted by atomic mass is 10.2. The van der Waals surface area contributed by atoms with E-state index in [0.717, 1.165) is 15.5 Å². The number of carbonyl (C=O) groups is 1. The van der Waals surface area contributed by atoms with Crippen molar-refractivity contribution >= 4 is 56.2 Å². The monoisotopic (exact) mass is 464 g/mol. The van der Waals surface area contributed by atoms with Gasteiger partial charge in [0.05, 0.1) is 4.88 Å². The molecule has 0 bridgehead atoms. The van der Waals surface area contributed by atoms with Crippen molar-refractivity contribution in [1.29, 1.82) is 0 Å². The minimum atomic E-state index is -3.80. The predicted octanol–water partition coefficient (Wildman–Crippen LogP) is 7.65. The molecule has 31 heavy (non-hydrogen) atoms. The molecule has 0 saturated carbocycles. The Morgan fingerprint density at radius 3 is 2.03 bits per heavy atom. The molecule has 7 heteroatoms. The number of para-hydroxylation sites is 2. The van der Waals surface area contributed by atoms with Gasteiger partial charge < -0.3 is 9.05 Å². The van der Waals surface area contributed by atoms with Crippen molar-refractivity contribution in [3.8, 4) is 11.5 Å². The van der Waals surface area contributed by atoms with E-state index in [1.807, 2.05) is 29.6 Å². The number of carbonyl (C=O) groups excluding carboxylic acids is 1. The highest BCUT2D eigenvalue weighted by molar-refractivity contribution is 7.55. The Bertz CT molecular complexity index is 1360. The lowest BCUT2D eigenvalue weighted by molar-refractivity contribution is 0.102. The molecule has 0 fully saturated rings. The topological polar surface area (TPSA) is 52.6 Å². The first kappa shape index (κ1) is 20.0. The van der Waals surface area contributed by atoms with Crippen LogP contribution in [-0.2, 0) is 4.57 Å². The molecule has 0 unspecified atom stereocenters. The molecule has 0 aliphatic heterocycles. The van der Waals surface area contributed by atoms with Gasteiger partial charge in [-0.05, 0) is 53.9 Å². The van der Waals surface area contributed by atoms with Crippen molar-refractivity contribution in [3.63, 3.8) is 0 Å². The summed E-state index contributed by atoms with van der Waals surface area (Å²) in [4.78, 5) is 13.7. The zero-order chi connectivity index (χ0) is 21.3. The van der Waals surface area contributed by atoms with Crippen molar-refractivity contribution in [3.05, 3.63) is 95.2 Å². The first-order chi connectivity index (χ1) is 15.1. The average Bonchev–Trinajstić information content (AvgIpc) is 3.41. The molecule has 0 amide bonds. The minimum absolute atomic E-state index is 0.264. The number of rotatable bonds is 7. The van der Waals surface area contributed by atoms with E-state index in [4.69, 9.17) is 9.05 Å². The van der Waals surface area contributed by atoms with Gasteiger partial charge in [-0.1, -0.05) is 36.4 Å². The van der Waals surface area contributed by atoms with Crippen LogP contribution in [0.25, 0.3) is 20.2 Å². The maximum atomic E-state index is 13.7. The smallest absolute Gasteiger partial charge is 0.416 e. The van der Waals surface area contributed by atoms with E-state index in [1.165, 1.54) is 16.0 Å². The van der Waals surface area contributed by atoms with Crippen molar-refractivity contribution in [1.82, 2.24) is 0 Å². The van der Waals surface area contributed by atoms with Crippen LogP contribution in [0.4, 0.5) is 0 Å².